The molecule has 98 valence electrons. The Balaban J connectivity index is 2.07. The Morgan fingerprint density at radius 2 is 1.90 bits per heavy atom. The molecule has 4 rings (SSSR count). The molecule has 5 heteroatoms. The van der Waals surface area contributed by atoms with Gasteiger partial charge in [-0.2, -0.15) is 5.26 Å². The third-order valence-electron chi connectivity index (χ3n) is 3.41. The predicted octanol–water partition coefficient (Wildman–Crippen LogP) is 2.82. The summed E-state index contributed by atoms with van der Waals surface area (Å²) < 4.78 is 1.82. The van der Waals surface area contributed by atoms with Gasteiger partial charge < -0.3 is 0 Å². The molecule has 21 heavy (non-hydrogen) atoms. The molecule has 0 spiro atoms. The van der Waals surface area contributed by atoms with Crippen LogP contribution in [0.1, 0.15) is 5.56 Å². The fourth-order valence-electron chi connectivity index (χ4n) is 2.43. The topological polar surface area (TPSA) is 66.9 Å². The number of aromatic nitrogens is 4. The van der Waals surface area contributed by atoms with Crippen LogP contribution in [0.2, 0.25) is 0 Å². The molecule has 0 aliphatic heterocycles. The Kier molecular flexibility index (Phi) is 2.42. The molecule has 1 aromatic carbocycles. The Labute approximate surface area is 120 Å². The molecule has 5 nitrogen and oxygen atoms in total. The molecule has 0 bridgehead atoms. The molecule has 0 N–H and O–H groups in total. The number of nitriles is 1. The lowest BCUT2D eigenvalue weighted by Crippen LogP contribution is -1.92. The molecule has 0 aliphatic carbocycles. The lowest BCUT2D eigenvalue weighted by Gasteiger charge is -2.04. The van der Waals surface area contributed by atoms with E-state index in [0.29, 0.717) is 17.0 Å². The summed E-state index contributed by atoms with van der Waals surface area (Å²) in [5.74, 6) is 0.686. The Morgan fingerprint density at radius 3 is 2.81 bits per heavy atom. The number of rotatable bonds is 1. The summed E-state index contributed by atoms with van der Waals surface area (Å²) in [4.78, 5) is 4.44. The molecule has 0 atom stereocenters. The first kappa shape index (κ1) is 11.6. The van der Waals surface area contributed by atoms with E-state index in [1.807, 2.05) is 34.7 Å². The van der Waals surface area contributed by atoms with E-state index in [0.717, 1.165) is 16.5 Å². The van der Waals surface area contributed by atoms with Gasteiger partial charge in [-0.25, -0.2) is 0 Å². The number of fused-ring (bicyclic) bond motifs is 2. The minimum Gasteiger partial charge on any atom is -0.281 e. The van der Waals surface area contributed by atoms with E-state index < -0.39 is 0 Å². The lowest BCUT2D eigenvalue weighted by molar-refractivity contribution is 1.11. The zero-order chi connectivity index (χ0) is 14.2. The van der Waals surface area contributed by atoms with Crippen molar-refractivity contribution in [1.82, 2.24) is 19.6 Å². The summed E-state index contributed by atoms with van der Waals surface area (Å²) in [6.07, 6.45) is 3.50. The molecule has 0 aliphatic rings. The van der Waals surface area contributed by atoms with Crippen molar-refractivity contribution in [2.24, 2.45) is 0 Å². The summed E-state index contributed by atoms with van der Waals surface area (Å²) in [6.45, 7) is 0. The van der Waals surface area contributed by atoms with E-state index >= 15 is 0 Å². The minimum absolute atomic E-state index is 0.566. The molecule has 0 unspecified atom stereocenters. The molecule has 0 amide bonds. The van der Waals surface area contributed by atoms with Crippen molar-refractivity contribution >= 4 is 16.6 Å². The number of nitrogens with zero attached hydrogens (tertiary/aromatic N) is 5. The van der Waals surface area contributed by atoms with Crippen LogP contribution in [-0.4, -0.2) is 19.6 Å². The van der Waals surface area contributed by atoms with Crippen LogP contribution < -0.4 is 0 Å². The third kappa shape index (κ3) is 1.74. The number of hydrogen-bond acceptors (Lipinski definition) is 4. The highest BCUT2D eigenvalue weighted by atomic mass is 15.2. The summed E-state index contributed by atoms with van der Waals surface area (Å²) in [7, 11) is 0. The molecule has 4 aromatic rings. The molecular formula is C16H9N5. The minimum atomic E-state index is 0.566. The largest absolute Gasteiger partial charge is 0.281 e. The van der Waals surface area contributed by atoms with Crippen molar-refractivity contribution in [2.45, 2.75) is 0 Å². The monoisotopic (exact) mass is 271 g/mol. The quantitative estimate of drug-likeness (QED) is 0.534. The molecule has 3 aromatic heterocycles. The third-order valence-corrected chi connectivity index (χ3v) is 3.41. The van der Waals surface area contributed by atoms with Gasteiger partial charge in [0.05, 0.1) is 11.1 Å². The van der Waals surface area contributed by atoms with Crippen LogP contribution in [0.4, 0.5) is 0 Å². The first-order chi connectivity index (χ1) is 10.4. The summed E-state index contributed by atoms with van der Waals surface area (Å²) in [5, 5.41) is 18.5. The second-order valence-electron chi connectivity index (χ2n) is 4.66. The zero-order valence-electron chi connectivity index (χ0n) is 10.9. The van der Waals surface area contributed by atoms with E-state index in [-0.39, 0.29) is 0 Å². The maximum absolute atomic E-state index is 9.05. The summed E-state index contributed by atoms with van der Waals surface area (Å²) >= 11 is 0. The molecular weight excluding hydrogens is 262 g/mol. The van der Waals surface area contributed by atoms with Gasteiger partial charge in [0, 0.05) is 23.3 Å². The Bertz CT molecular complexity index is 1000. The molecule has 0 fully saturated rings. The maximum atomic E-state index is 9.05. The van der Waals surface area contributed by atoms with Gasteiger partial charge in [0.1, 0.15) is 6.07 Å². The van der Waals surface area contributed by atoms with E-state index in [4.69, 9.17) is 5.26 Å². The van der Waals surface area contributed by atoms with Gasteiger partial charge in [0.15, 0.2) is 11.5 Å². The fourth-order valence-corrected chi connectivity index (χ4v) is 2.43. The predicted molar refractivity (Wildman–Crippen MR) is 78.4 cm³/mol. The molecule has 0 saturated heterocycles. The zero-order valence-corrected chi connectivity index (χ0v) is 10.9. The summed E-state index contributed by atoms with van der Waals surface area (Å²) in [5.41, 5.74) is 3.04. The lowest BCUT2D eigenvalue weighted by atomic mass is 10.1. The number of para-hydroxylation sites is 1. The van der Waals surface area contributed by atoms with Gasteiger partial charge in [-0.15, -0.1) is 10.2 Å². The Morgan fingerprint density at radius 1 is 1.00 bits per heavy atom. The number of pyridine rings is 2. The Hall–Kier alpha value is -3.26. The number of benzene rings is 1. The SMILES string of the molecule is N#Cc1ccc2nnc(-c3cccc4cccnc34)n2c1. The van der Waals surface area contributed by atoms with Crippen LogP contribution in [0, 0.1) is 11.3 Å². The van der Waals surface area contributed by atoms with E-state index in [9.17, 15) is 0 Å². The van der Waals surface area contributed by atoms with Crippen molar-refractivity contribution in [1.29, 1.82) is 5.26 Å². The van der Waals surface area contributed by atoms with Crippen molar-refractivity contribution in [3.05, 3.63) is 60.4 Å². The normalized spacial score (nSPS) is 10.8. The highest BCUT2D eigenvalue weighted by Crippen LogP contribution is 2.26. The fraction of sp³-hybridized carbons (Fsp3) is 0. The van der Waals surface area contributed by atoms with Crippen LogP contribution in [0.25, 0.3) is 27.9 Å². The average molecular weight is 271 g/mol. The average Bonchev–Trinajstić information content (AvgIpc) is 2.97. The van der Waals surface area contributed by atoms with Gasteiger partial charge in [0.2, 0.25) is 0 Å². The number of hydrogen-bond donors (Lipinski definition) is 0. The van der Waals surface area contributed by atoms with Crippen LogP contribution >= 0.6 is 0 Å². The van der Waals surface area contributed by atoms with Gasteiger partial charge in [-0.1, -0.05) is 18.2 Å². The van der Waals surface area contributed by atoms with Crippen LogP contribution in [0.3, 0.4) is 0 Å². The van der Waals surface area contributed by atoms with E-state index in [1.54, 1.807) is 24.5 Å². The summed E-state index contributed by atoms with van der Waals surface area (Å²) in [6, 6.07) is 15.5. The van der Waals surface area contributed by atoms with Crippen LogP contribution in [0.15, 0.2) is 54.9 Å². The second kappa shape index (κ2) is 4.39. The molecule has 3 heterocycles. The second-order valence-corrected chi connectivity index (χ2v) is 4.66. The first-order valence-corrected chi connectivity index (χ1v) is 6.46. The van der Waals surface area contributed by atoms with Crippen LogP contribution in [-0.2, 0) is 0 Å². The van der Waals surface area contributed by atoms with Crippen molar-refractivity contribution in [2.75, 3.05) is 0 Å². The highest BCUT2D eigenvalue weighted by molar-refractivity contribution is 5.92. The highest BCUT2D eigenvalue weighted by Gasteiger charge is 2.12. The smallest absolute Gasteiger partial charge is 0.170 e. The first-order valence-electron chi connectivity index (χ1n) is 6.46. The van der Waals surface area contributed by atoms with Crippen molar-refractivity contribution in [3.63, 3.8) is 0 Å². The van der Waals surface area contributed by atoms with Gasteiger partial charge in [0.25, 0.3) is 0 Å². The van der Waals surface area contributed by atoms with E-state index in [2.05, 4.69) is 21.3 Å². The van der Waals surface area contributed by atoms with E-state index in [1.165, 1.54) is 0 Å². The van der Waals surface area contributed by atoms with Gasteiger partial charge in [-0.3, -0.25) is 9.38 Å². The van der Waals surface area contributed by atoms with Crippen molar-refractivity contribution in [3.8, 4) is 17.5 Å². The van der Waals surface area contributed by atoms with Crippen LogP contribution in [0.5, 0.6) is 0 Å². The molecule has 0 radical (unpaired) electrons. The van der Waals surface area contributed by atoms with Crippen molar-refractivity contribution < 1.29 is 0 Å². The van der Waals surface area contributed by atoms with Gasteiger partial charge >= 0.3 is 0 Å². The van der Waals surface area contributed by atoms with Gasteiger partial charge in [-0.05, 0) is 24.3 Å². The molecule has 0 saturated carbocycles. The maximum Gasteiger partial charge on any atom is 0.170 e. The standard InChI is InChI=1S/C16H9N5/c17-9-11-6-7-14-19-20-16(21(14)10-11)13-5-1-3-12-4-2-8-18-15(12)13/h1-8,10H.